The predicted molar refractivity (Wildman–Crippen MR) is 136 cm³/mol. The Morgan fingerprint density at radius 2 is 1.67 bits per heavy atom. The molecule has 0 aliphatic heterocycles. The minimum absolute atomic E-state index is 0.234. The molecule has 0 unspecified atom stereocenters. The Bertz CT molecular complexity index is 1220. The smallest absolute Gasteiger partial charge is 0.340 e. The second kappa shape index (κ2) is 10.5. The average Bonchev–Trinajstić information content (AvgIpc) is 3.19. The SMILES string of the molecule is CCN(CC)CCc1ccc2[nH]c(C)c(C(=O)OCc3ccccc3-c3ccccc3)c2c1. The van der Waals surface area contributed by atoms with Crippen LogP contribution in [0.4, 0.5) is 0 Å². The Kier molecular flexibility index (Phi) is 7.26. The molecule has 0 fully saturated rings. The van der Waals surface area contributed by atoms with Crippen molar-refractivity contribution in [1.82, 2.24) is 9.88 Å². The van der Waals surface area contributed by atoms with Crippen molar-refractivity contribution in [2.24, 2.45) is 0 Å². The maximum Gasteiger partial charge on any atom is 0.340 e. The Labute approximate surface area is 196 Å². The van der Waals surface area contributed by atoms with Gasteiger partial charge < -0.3 is 14.6 Å². The molecule has 0 atom stereocenters. The number of likely N-dealkylation sites (N-methyl/N-ethyl adjacent to an activating group) is 1. The number of nitrogens with one attached hydrogen (secondary N) is 1. The highest BCUT2D eigenvalue weighted by atomic mass is 16.5. The summed E-state index contributed by atoms with van der Waals surface area (Å²) < 4.78 is 5.83. The molecule has 0 bridgehead atoms. The molecule has 33 heavy (non-hydrogen) atoms. The topological polar surface area (TPSA) is 45.3 Å². The molecule has 4 heteroatoms. The Morgan fingerprint density at radius 3 is 2.42 bits per heavy atom. The molecule has 1 N–H and O–H groups in total. The maximum absolute atomic E-state index is 13.2. The second-order valence-electron chi connectivity index (χ2n) is 8.38. The van der Waals surface area contributed by atoms with Crippen LogP contribution in [0.15, 0.2) is 72.8 Å². The van der Waals surface area contributed by atoms with E-state index in [0.717, 1.165) is 59.3 Å². The van der Waals surface area contributed by atoms with E-state index >= 15 is 0 Å². The van der Waals surface area contributed by atoms with Crippen molar-refractivity contribution in [2.75, 3.05) is 19.6 Å². The van der Waals surface area contributed by atoms with E-state index in [2.05, 4.69) is 60.1 Å². The van der Waals surface area contributed by atoms with Crippen molar-refractivity contribution in [3.8, 4) is 11.1 Å². The molecule has 0 saturated carbocycles. The van der Waals surface area contributed by atoms with E-state index in [-0.39, 0.29) is 12.6 Å². The predicted octanol–water partition coefficient (Wildman–Crippen LogP) is 6.38. The first kappa shape index (κ1) is 22.8. The summed E-state index contributed by atoms with van der Waals surface area (Å²) in [6.07, 6.45) is 0.959. The van der Waals surface area contributed by atoms with Crippen molar-refractivity contribution >= 4 is 16.9 Å². The number of hydrogen-bond donors (Lipinski definition) is 1. The van der Waals surface area contributed by atoms with E-state index < -0.39 is 0 Å². The number of H-pyrrole nitrogens is 1. The number of rotatable bonds is 9. The number of carbonyl (C=O) groups is 1. The summed E-state index contributed by atoms with van der Waals surface area (Å²) in [6, 6.07) is 24.6. The molecule has 0 radical (unpaired) electrons. The lowest BCUT2D eigenvalue weighted by Crippen LogP contribution is -2.25. The van der Waals surface area contributed by atoms with Gasteiger partial charge >= 0.3 is 5.97 Å². The number of carbonyl (C=O) groups excluding carboxylic acids is 1. The van der Waals surface area contributed by atoms with E-state index in [1.165, 1.54) is 5.56 Å². The zero-order chi connectivity index (χ0) is 23.2. The molecule has 1 aromatic heterocycles. The Balaban J connectivity index is 1.54. The number of aryl methyl sites for hydroxylation is 1. The molecule has 0 amide bonds. The van der Waals surface area contributed by atoms with E-state index in [4.69, 9.17) is 4.74 Å². The maximum atomic E-state index is 13.2. The van der Waals surface area contributed by atoms with Gasteiger partial charge in [-0.3, -0.25) is 0 Å². The lowest BCUT2D eigenvalue weighted by Gasteiger charge is -2.17. The first-order chi connectivity index (χ1) is 16.1. The van der Waals surface area contributed by atoms with Crippen LogP contribution in [0.5, 0.6) is 0 Å². The van der Waals surface area contributed by atoms with Crippen LogP contribution in [0.2, 0.25) is 0 Å². The van der Waals surface area contributed by atoms with Crippen LogP contribution in [0.25, 0.3) is 22.0 Å². The van der Waals surface area contributed by atoms with Gasteiger partial charge in [-0.15, -0.1) is 0 Å². The third kappa shape index (κ3) is 5.18. The molecular formula is C29H32N2O2. The van der Waals surface area contributed by atoms with Gasteiger partial charge in [0.2, 0.25) is 0 Å². The van der Waals surface area contributed by atoms with Crippen LogP contribution in [0.1, 0.15) is 41.0 Å². The zero-order valence-corrected chi connectivity index (χ0v) is 19.7. The van der Waals surface area contributed by atoms with Gasteiger partial charge in [0.25, 0.3) is 0 Å². The van der Waals surface area contributed by atoms with Gasteiger partial charge in [0.15, 0.2) is 0 Å². The van der Waals surface area contributed by atoms with E-state index in [9.17, 15) is 4.79 Å². The van der Waals surface area contributed by atoms with E-state index in [1.54, 1.807) is 0 Å². The summed E-state index contributed by atoms with van der Waals surface area (Å²) in [7, 11) is 0. The highest BCUT2D eigenvalue weighted by Gasteiger charge is 2.19. The molecule has 0 spiro atoms. The Hall–Kier alpha value is -3.37. The fourth-order valence-electron chi connectivity index (χ4n) is 4.38. The van der Waals surface area contributed by atoms with Crippen LogP contribution in [-0.2, 0) is 17.8 Å². The molecule has 4 rings (SSSR count). The standard InChI is InChI=1S/C29H32N2O2/c1-4-31(5-2)18-17-22-15-16-27-26(19-22)28(21(3)30-27)29(32)33-20-24-13-9-10-14-25(24)23-11-7-6-8-12-23/h6-16,19,30H,4-5,17-18,20H2,1-3H3. The molecule has 170 valence electrons. The van der Waals surface area contributed by atoms with Crippen LogP contribution in [0.3, 0.4) is 0 Å². The number of benzene rings is 3. The number of nitrogens with zero attached hydrogens (tertiary/aromatic N) is 1. The van der Waals surface area contributed by atoms with Crippen LogP contribution in [-0.4, -0.2) is 35.5 Å². The molecule has 0 aliphatic rings. The molecule has 1 heterocycles. The number of aromatic nitrogens is 1. The van der Waals surface area contributed by atoms with Crippen molar-refractivity contribution in [1.29, 1.82) is 0 Å². The van der Waals surface area contributed by atoms with E-state index in [1.807, 2.05) is 43.3 Å². The number of aromatic amines is 1. The average molecular weight is 441 g/mol. The Morgan fingerprint density at radius 1 is 0.939 bits per heavy atom. The van der Waals surface area contributed by atoms with Gasteiger partial charge in [-0.2, -0.15) is 0 Å². The van der Waals surface area contributed by atoms with Crippen molar-refractivity contribution in [3.63, 3.8) is 0 Å². The summed E-state index contributed by atoms with van der Waals surface area (Å²) in [5.74, 6) is -0.289. The lowest BCUT2D eigenvalue weighted by molar-refractivity contribution is 0.0475. The van der Waals surface area contributed by atoms with Gasteiger partial charge in [0, 0.05) is 23.1 Å². The number of esters is 1. The summed E-state index contributed by atoms with van der Waals surface area (Å²) in [5, 5.41) is 0.936. The fourth-order valence-corrected chi connectivity index (χ4v) is 4.38. The first-order valence-corrected chi connectivity index (χ1v) is 11.7. The molecule has 0 saturated heterocycles. The highest BCUT2D eigenvalue weighted by molar-refractivity contribution is 6.05. The number of fused-ring (bicyclic) bond motifs is 1. The minimum atomic E-state index is -0.289. The van der Waals surface area contributed by atoms with Crippen molar-refractivity contribution in [3.05, 3.63) is 95.2 Å². The van der Waals surface area contributed by atoms with Gasteiger partial charge in [0.05, 0.1) is 5.56 Å². The molecule has 4 nitrogen and oxygen atoms in total. The second-order valence-corrected chi connectivity index (χ2v) is 8.38. The van der Waals surface area contributed by atoms with Crippen LogP contribution >= 0.6 is 0 Å². The van der Waals surface area contributed by atoms with Gasteiger partial charge in [-0.05, 0) is 60.8 Å². The van der Waals surface area contributed by atoms with Crippen LogP contribution in [0, 0.1) is 6.92 Å². The molecule has 0 aliphatic carbocycles. The largest absolute Gasteiger partial charge is 0.457 e. The molecule has 4 aromatic rings. The fraction of sp³-hybridized carbons (Fsp3) is 0.276. The summed E-state index contributed by atoms with van der Waals surface area (Å²) in [5.41, 5.74) is 6.87. The van der Waals surface area contributed by atoms with Crippen molar-refractivity contribution < 1.29 is 9.53 Å². The summed E-state index contributed by atoms with van der Waals surface area (Å²) in [4.78, 5) is 18.9. The molecule has 3 aromatic carbocycles. The van der Waals surface area contributed by atoms with E-state index in [0.29, 0.717) is 5.56 Å². The lowest BCUT2D eigenvalue weighted by atomic mass is 10.0. The first-order valence-electron chi connectivity index (χ1n) is 11.7. The minimum Gasteiger partial charge on any atom is -0.457 e. The molecular weight excluding hydrogens is 408 g/mol. The third-order valence-electron chi connectivity index (χ3n) is 6.33. The zero-order valence-electron chi connectivity index (χ0n) is 19.7. The normalized spacial score (nSPS) is 11.3. The van der Waals surface area contributed by atoms with Crippen molar-refractivity contribution in [2.45, 2.75) is 33.8 Å². The number of hydrogen-bond acceptors (Lipinski definition) is 3. The van der Waals surface area contributed by atoms with Crippen LogP contribution < -0.4 is 0 Å². The monoisotopic (exact) mass is 440 g/mol. The number of ether oxygens (including phenoxy) is 1. The van der Waals surface area contributed by atoms with Gasteiger partial charge in [-0.1, -0.05) is 74.5 Å². The summed E-state index contributed by atoms with van der Waals surface area (Å²) in [6.45, 7) is 9.65. The van der Waals surface area contributed by atoms with Gasteiger partial charge in [-0.25, -0.2) is 4.79 Å². The van der Waals surface area contributed by atoms with Gasteiger partial charge in [0.1, 0.15) is 6.61 Å². The third-order valence-corrected chi connectivity index (χ3v) is 6.33. The quantitative estimate of drug-likeness (QED) is 0.307. The summed E-state index contributed by atoms with van der Waals surface area (Å²) >= 11 is 0. The highest BCUT2D eigenvalue weighted by Crippen LogP contribution is 2.27.